The van der Waals surface area contributed by atoms with Crippen LogP contribution in [0.2, 0.25) is 0 Å². The van der Waals surface area contributed by atoms with Crippen molar-refractivity contribution in [2.45, 2.75) is 31.0 Å². The molecule has 1 aliphatic heterocycles. The van der Waals surface area contributed by atoms with E-state index in [1.54, 1.807) is 0 Å². The van der Waals surface area contributed by atoms with Crippen LogP contribution in [-0.2, 0) is 18.9 Å². The summed E-state index contributed by atoms with van der Waals surface area (Å²) in [6.07, 6.45) is -6.68. The molecule has 52 heavy (non-hydrogen) atoms. The van der Waals surface area contributed by atoms with E-state index >= 15 is 0 Å². The number of rotatable bonds is 11. The Bertz CT molecular complexity index is 2170. The van der Waals surface area contributed by atoms with E-state index in [2.05, 4.69) is 21.0 Å². The Morgan fingerprint density at radius 1 is 0.769 bits per heavy atom. The number of carbonyl (C=O) groups is 3. The Balaban J connectivity index is 1.51. The van der Waals surface area contributed by atoms with Crippen LogP contribution in [-0.4, -0.2) is 72.4 Å². The molecule has 0 saturated carbocycles. The third-order valence-electron chi connectivity index (χ3n) is 7.40. The number of nitro benzene ring substituents is 3. The summed E-state index contributed by atoms with van der Waals surface area (Å²) in [5.41, 5.74) is -3.41. The van der Waals surface area contributed by atoms with Gasteiger partial charge in [0.15, 0.2) is 16.9 Å². The number of carbonyl (C=O) groups excluding carboxylic acids is 3. The van der Waals surface area contributed by atoms with Crippen LogP contribution < -0.4 is 11.2 Å². The zero-order valence-electron chi connectivity index (χ0n) is 25.9. The van der Waals surface area contributed by atoms with E-state index in [4.69, 9.17) is 18.9 Å². The average Bonchev–Trinajstić information content (AvgIpc) is 3.12. The van der Waals surface area contributed by atoms with Gasteiger partial charge >= 0.3 is 23.6 Å². The summed E-state index contributed by atoms with van der Waals surface area (Å²) in [6.45, 7) is -0.755. The molecule has 1 aromatic heterocycles. The maximum absolute atomic E-state index is 13.3. The molecule has 1 saturated heterocycles. The molecule has 5 rings (SSSR count). The molecule has 0 amide bonds. The quantitative estimate of drug-likeness (QED) is 0.0989. The van der Waals surface area contributed by atoms with Crippen molar-refractivity contribution in [3.8, 4) is 0 Å². The van der Waals surface area contributed by atoms with Crippen molar-refractivity contribution in [3.63, 3.8) is 0 Å². The van der Waals surface area contributed by atoms with E-state index in [-0.39, 0.29) is 38.4 Å². The first-order chi connectivity index (χ1) is 24.7. The minimum atomic E-state index is -1.63. The normalized spacial score (nSPS) is 18.1. The van der Waals surface area contributed by atoms with Crippen molar-refractivity contribution in [3.05, 3.63) is 145 Å². The first kappa shape index (κ1) is 36.6. The second-order valence-electron chi connectivity index (χ2n) is 10.7. The van der Waals surface area contributed by atoms with E-state index in [0.29, 0.717) is 4.68 Å². The van der Waals surface area contributed by atoms with E-state index in [9.17, 15) is 54.3 Å². The van der Waals surface area contributed by atoms with Crippen molar-refractivity contribution in [1.82, 2.24) is 14.8 Å². The van der Waals surface area contributed by atoms with Gasteiger partial charge in [-0.1, -0.05) is 0 Å². The lowest BCUT2D eigenvalue weighted by atomic mass is 9.99. The molecule has 4 aromatic rings. The zero-order chi connectivity index (χ0) is 37.7. The van der Waals surface area contributed by atoms with Gasteiger partial charge in [-0.05, 0) is 52.3 Å². The number of ether oxygens (including phenoxy) is 4. The van der Waals surface area contributed by atoms with Crippen molar-refractivity contribution in [1.29, 1.82) is 0 Å². The van der Waals surface area contributed by atoms with Crippen LogP contribution in [0.15, 0.2) is 87.0 Å². The number of nitro groups is 3. The van der Waals surface area contributed by atoms with Gasteiger partial charge in [-0.15, -0.1) is 0 Å². The Morgan fingerprint density at radius 3 is 1.67 bits per heavy atom. The third-order valence-corrected chi connectivity index (χ3v) is 7.92. The van der Waals surface area contributed by atoms with Gasteiger partial charge in [0.2, 0.25) is 0 Å². The summed E-state index contributed by atoms with van der Waals surface area (Å²) in [6, 6.07) is 12.9. The van der Waals surface area contributed by atoms with Gasteiger partial charge < -0.3 is 18.9 Å². The van der Waals surface area contributed by atoms with E-state index < -0.39 is 81.5 Å². The number of hydrogen-bond donors (Lipinski definition) is 1. The smallest absolute Gasteiger partial charge is 0.347 e. The lowest BCUT2D eigenvalue weighted by molar-refractivity contribution is -0.385. The Kier molecular flexibility index (Phi) is 10.9. The largest absolute Gasteiger partial charge is 0.459 e. The summed E-state index contributed by atoms with van der Waals surface area (Å²) < 4.78 is 23.1. The van der Waals surface area contributed by atoms with Crippen LogP contribution in [0.25, 0.3) is 0 Å². The molecule has 4 atom stereocenters. The van der Waals surface area contributed by atoms with Crippen LogP contribution in [0.5, 0.6) is 0 Å². The SMILES string of the molecule is O=C(OC[C@H]1OC(n2nc(Br)c(=O)[nH]c2=O)C[C@@H](OC(=O)c2ccc([N+](=O)[O-])cc2)[C@@H]1OC(=O)c1ccc([N+](=O)[O-])cc1)c1ccc([N+](=O)[O-])cc1. The zero-order valence-corrected chi connectivity index (χ0v) is 27.5. The fraction of sp³-hybridized carbons (Fsp3) is 0.200. The molecule has 268 valence electrons. The number of hydrogen-bond acceptors (Lipinski definition) is 16. The molecular formula is C30H21BrN6O15. The van der Waals surface area contributed by atoms with Crippen LogP contribution in [0.1, 0.15) is 43.7 Å². The lowest BCUT2D eigenvalue weighted by Crippen LogP contribution is -2.54. The topological polar surface area (TPSA) is 285 Å². The molecule has 0 radical (unpaired) electrons. The second kappa shape index (κ2) is 15.5. The van der Waals surface area contributed by atoms with Crippen molar-refractivity contribution < 1.29 is 48.1 Å². The number of benzene rings is 3. The minimum Gasteiger partial charge on any atom is -0.459 e. The summed E-state index contributed by atoms with van der Waals surface area (Å²) in [7, 11) is 0. The molecule has 2 heterocycles. The lowest BCUT2D eigenvalue weighted by Gasteiger charge is -2.40. The van der Waals surface area contributed by atoms with Crippen molar-refractivity contribution >= 4 is 50.9 Å². The molecule has 1 unspecified atom stereocenters. The minimum absolute atomic E-state index is 0.124. The maximum atomic E-state index is 13.3. The Morgan fingerprint density at radius 2 is 1.21 bits per heavy atom. The number of esters is 3. The standard InChI is InChI=1S/C30H21BrN6O15/c31-25-26(38)32-30(42)34(33-25)23-13-21(51-28(40)16-3-9-19(10-4-16)36(45)46)24(52-29(41)17-5-11-20(12-6-17)37(47)48)22(50-23)14-49-27(39)15-1-7-18(8-2-15)35(43)44/h1-12,21-24H,13-14H2,(H,32,38,42)/t21-,22-,23?,24+/m1/s1. The molecule has 0 bridgehead atoms. The molecule has 22 heteroatoms. The number of non-ortho nitro benzene ring substituents is 3. The van der Waals surface area contributed by atoms with Crippen LogP contribution in [0, 0.1) is 30.3 Å². The monoisotopic (exact) mass is 784 g/mol. The van der Waals surface area contributed by atoms with E-state index in [1.807, 2.05) is 4.98 Å². The maximum Gasteiger partial charge on any atom is 0.347 e. The van der Waals surface area contributed by atoms with Crippen LogP contribution in [0.4, 0.5) is 17.1 Å². The Labute approximate surface area is 296 Å². The van der Waals surface area contributed by atoms with E-state index in [1.165, 1.54) is 0 Å². The van der Waals surface area contributed by atoms with Gasteiger partial charge in [0.1, 0.15) is 18.8 Å². The summed E-state index contributed by atoms with van der Waals surface area (Å²) >= 11 is 2.91. The summed E-state index contributed by atoms with van der Waals surface area (Å²) in [5.74, 6) is -3.17. The molecule has 0 aliphatic carbocycles. The predicted octanol–water partition coefficient (Wildman–Crippen LogP) is 3.01. The average molecular weight is 785 g/mol. The van der Waals surface area contributed by atoms with Crippen molar-refractivity contribution in [2.24, 2.45) is 0 Å². The van der Waals surface area contributed by atoms with E-state index in [0.717, 1.165) is 72.8 Å². The molecule has 21 nitrogen and oxygen atoms in total. The van der Waals surface area contributed by atoms with Crippen molar-refractivity contribution in [2.75, 3.05) is 6.61 Å². The van der Waals surface area contributed by atoms with Crippen LogP contribution in [0.3, 0.4) is 0 Å². The second-order valence-corrected chi connectivity index (χ2v) is 11.4. The van der Waals surface area contributed by atoms with Gasteiger partial charge in [0, 0.05) is 42.8 Å². The molecule has 1 N–H and O–H groups in total. The molecule has 1 aliphatic rings. The van der Waals surface area contributed by atoms with Gasteiger partial charge in [-0.2, -0.15) is 9.78 Å². The van der Waals surface area contributed by atoms with Gasteiger partial charge in [0.05, 0.1) is 31.5 Å². The number of halogens is 1. The number of H-pyrrole nitrogens is 1. The van der Waals surface area contributed by atoms with Crippen LogP contribution >= 0.6 is 15.9 Å². The highest BCUT2D eigenvalue weighted by molar-refractivity contribution is 9.10. The number of aromatic nitrogens is 3. The first-order valence-corrected chi connectivity index (χ1v) is 15.4. The molecule has 1 fully saturated rings. The predicted molar refractivity (Wildman–Crippen MR) is 173 cm³/mol. The summed E-state index contributed by atoms with van der Waals surface area (Å²) in [5, 5.41) is 37.1. The Hall–Kier alpha value is -6.68. The highest BCUT2D eigenvalue weighted by Gasteiger charge is 2.46. The highest BCUT2D eigenvalue weighted by atomic mass is 79.9. The van der Waals surface area contributed by atoms with Gasteiger partial charge in [0.25, 0.3) is 22.6 Å². The number of nitrogens with zero attached hydrogens (tertiary/aromatic N) is 5. The van der Waals surface area contributed by atoms with Gasteiger partial charge in [-0.25, -0.2) is 19.2 Å². The molecular weight excluding hydrogens is 764 g/mol. The highest BCUT2D eigenvalue weighted by Crippen LogP contribution is 2.32. The third kappa shape index (κ3) is 8.36. The number of aromatic amines is 1. The fourth-order valence-electron chi connectivity index (χ4n) is 4.85. The fourth-order valence-corrected chi connectivity index (χ4v) is 5.12. The van der Waals surface area contributed by atoms with Gasteiger partial charge in [-0.3, -0.25) is 40.1 Å². The molecule has 3 aromatic carbocycles. The number of nitrogens with one attached hydrogen (secondary N) is 1. The summed E-state index contributed by atoms with van der Waals surface area (Å²) in [4.78, 5) is 97.6. The molecule has 0 spiro atoms. The first-order valence-electron chi connectivity index (χ1n) is 14.6.